The van der Waals surface area contributed by atoms with Gasteiger partial charge in [0.2, 0.25) is 0 Å². The molecule has 0 radical (unpaired) electrons. The van der Waals surface area contributed by atoms with E-state index in [0.717, 1.165) is 25.2 Å². The number of alkyl halides is 1. The van der Waals surface area contributed by atoms with Crippen molar-refractivity contribution in [2.75, 3.05) is 6.61 Å². The Kier molecular flexibility index (Phi) is 4.63. The maximum absolute atomic E-state index is 5.80. The standard InChI is InChI=1S/C15H20BrIO/c1-15(2,3)6-4-13(16)12-9-11(17)8-10-5-7-18-14(10)12/h8-9,13H,4-7H2,1-3H3. The van der Waals surface area contributed by atoms with Crippen LogP contribution < -0.4 is 4.74 Å². The highest BCUT2D eigenvalue weighted by atomic mass is 127. The third-order valence-electron chi connectivity index (χ3n) is 3.26. The van der Waals surface area contributed by atoms with Gasteiger partial charge in [-0.15, -0.1) is 0 Å². The number of fused-ring (bicyclic) bond motifs is 1. The molecule has 0 saturated heterocycles. The lowest BCUT2D eigenvalue weighted by Crippen LogP contribution is -2.06. The van der Waals surface area contributed by atoms with E-state index in [1.165, 1.54) is 21.1 Å². The molecule has 3 heteroatoms. The Bertz CT molecular complexity index is 437. The summed E-state index contributed by atoms with van der Waals surface area (Å²) in [6.07, 6.45) is 3.42. The van der Waals surface area contributed by atoms with Gasteiger partial charge in [-0.25, -0.2) is 0 Å². The molecule has 0 N–H and O–H groups in total. The van der Waals surface area contributed by atoms with Crippen LogP contribution in [0.2, 0.25) is 0 Å². The molecule has 0 aromatic heterocycles. The van der Waals surface area contributed by atoms with Crippen LogP contribution in [0, 0.1) is 8.99 Å². The van der Waals surface area contributed by atoms with Crippen molar-refractivity contribution >= 4 is 38.5 Å². The van der Waals surface area contributed by atoms with Crippen LogP contribution in [-0.4, -0.2) is 6.61 Å². The van der Waals surface area contributed by atoms with Gasteiger partial charge in [0.15, 0.2) is 0 Å². The molecule has 1 heterocycles. The van der Waals surface area contributed by atoms with Crippen molar-refractivity contribution in [3.05, 3.63) is 26.8 Å². The maximum Gasteiger partial charge on any atom is 0.127 e. The molecule has 1 aliphatic heterocycles. The minimum Gasteiger partial charge on any atom is -0.493 e. The highest BCUT2D eigenvalue weighted by molar-refractivity contribution is 14.1. The van der Waals surface area contributed by atoms with E-state index in [4.69, 9.17) is 4.74 Å². The molecule has 0 fully saturated rings. The largest absolute Gasteiger partial charge is 0.493 e. The van der Waals surface area contributed by atoms with Crippen molar-refractivity contribution in [1.29, 1.82) is 0 Å². The van der Waals surface area contributed by atoms with E-state index in [0.29, 0.717) is 10.2 Å². The second kappa shape index (κ2) is 5.70. The number of hydrogen-bond donors (Lipinski definition) is 0. The molecule has 0 saturated carbocycles. The summed E-state index contributed by atoms with van der Waals surface area (Å²) < 4.78 is 7.12. The Balaban J connectivity index is 2.18. The molecule has 0 spiro atoms. The van der Waals surface area contributed by atoms with Gasteiger partial charge in [-0.05, 0) is 58.5 Å². The van der Waals surface area contributed by atoms with Crippen molar-refractivity contribution < 1.29 is 4.74 Å². The molecule has 2 rings (SSSR count). The molecule has 100 valence electrons. The van der Waals surface area contributed by atoms with Gasteiger partial charge in [-0.3, -0.25) is 0 Å². The molecule has 1 aromatic carbocycles. The first-order valence-corrected chi connectivity index (χ1v) is 8.45. The lowest BCUT2D eigenvalue weighted by Gasteiger charge is -2.21. The van der Waals surface area contributed by atoms with Gasteiger partial charge in [0.05, 0.1) is 6.61 Å². The molecule has 1 unspecified atom stereocenters. The number of hydrogen-bond acceptors (Lipinski definition) is 1. The number of rotatable bonds is 3. The summed E-state index contributed by atoms with van der Waals surface area (Å²) >= 11 is 6.24. The van der Waals surface area contributed by atoms with E-state index >= 15 is 0 Å². The van der Waals surface area contributed by atoms with Gasteiger partial charge < -0.3 is 4.74 Å². The van der Waals surface area contributed by atoms with Crippen molar-refractivity contribution in [1.82, 2.24) is 0 Å². The van der Waals surface area contributed by atoms with E-state index in [-0.39, 0.29) is 0 Å². The fourth-order valence-electron chi connectivity index (χ4n) is 2.25. The summed E-state index contributed by atoms with van der Waals surface area (Å²) in [6, 6.07) is 4.50. The Hall–Kier alpha value is 0.230. The molecule has 0 amide bonds. The van der Waals surface area contributed by atoms with Gasteiger partial charge in [0, 0.05) is 20.4 Å². The SMILES string of the molecule is CC(C)(C)CCC(Br)c1cc(I)cc2c1OCC2. The minimum atomic E-state index is 0.387. The lowest BCUT2D eigenvalue weighted by molar-refractivity contribution is 0.346. The molecular weight excluding hydrogens is 403 g/mol. The molecule has 0 aliphatic carbocycles. The van der Waals surface area contributed by atoms with Crippen LogP contribution in [0.4, 0.5) is 0 Å². The molecule has 1 atom stereocenters. The monoisotopic (exact) mass is 422 g/mol. The van der Waals surface area contributed by atoms with Crippen LogP contribution >= 0.6 is 38.5 Å². The second-order valence-electron chi connectivity index (χ2n) is 6.15. The lowest BCUT2D eigenvalue weighted by atomic mass is 9.88. The summed E-state index contributed by atoms with van der Waals surface area (Å²) in [5.41, 5.74) is 3.09. The zero-order valence-electron chi connectivity index (χ0n) is 11.2. The van der Waals surface area contributed by atoms with Crippen LogP contribution in [-0.2, 0) is 6.42 Å². The van der Waals surface area contributed by atoms with Crippen LogP contribution in [0.5, 0.6) is 5.75 Å². The first-order valence-electron chi connectivity index (χ1n) is 6.46. The van der Waals surface area contributed by atoms with Crippen molar-refractivity contribution in [2.45, 2.75) is 44.9 Å². The Labute approximate surface area is 132 Å². The number of halogens is 2. The molecule has 1 aliphatic rings. The predicted molar refractivity (Wildman–Crippen MR) is 88.7 cm³/mol. The topological polar surface area (TPSA) is 9.23 Å². The summed E-state index contributed by atoms with van der Waals surface area (Å²) in [5.74, 6) is 1.13. The van der Waals surface area contributed by atoms with Crippen LogP contribution in [0.3, 0.4) is 0 Å². The third kappa shape index (κ3) is 3.62. The van der Waals surface area contributed by atoms with Gasteiger partial charge in [-0.2, -0.15) is 0 Å². The van der Waals surface area contributed by atoms with Crippen LogP contribution in [0.25, 0.3) is 0 Å². The molecular formula is C15H20BrIO. The summed E-state index contributed by atoms with van der Waals surface area (Å²) in [5, 5.41) is 0. The summed E-state index contributed by atoms with van der Waals surface area (Å²) in [7, 11) is 0. The van der Waals surface area contributed by atoms with Crippen molar-refractivity contribution in [2.24, 2.45) is 5.41 Å². The van der Waals surface area contributed by atoms with E-state index < -0.39 is 0 Å². The molecule has 1 aromatic rings. The maximum atomic E-state index is 5.80. The highest BCUT2D eigenvalue weighted by Crippen LogP contribution is 2.41. The average Bonchev–Trinajstić information content (AvgIpc) is 2.71. The van der Waals surface area contributed by atoms with E-state index in [2.05, 4.69) is 71.4 Å². The first-order chi connectivity index (χ1) is 8.37. The number of benzene rings is 1. The zero-order valence-corrected chi connectivity index (χ0v) is 15.0. The quantitative estimate of drug-likeness (QED) is 0.462. The van der Waals surface area contributed by atoms with Gasteiger partial charge in [-0.1, -0.05) is 36.7 Å². The smallest absolute Gasteiger partial charge is 0.127 e. The van der Waals surface area contributed by atoms with Crippen molar-refractivity contribution in [3.8, 4) is 5.75 Å². The normalized spacial score (nSPS) is 16.3. The fraction of sp³-hybridized carbons (Fsp3) is 0.600. The summed E-state index contributed by atoms with van der Waals surface area (Å²) in [6.45, 7) is 7.72. The van der Waals surface area contributed by atoms with E-state index in [1.54, 1.807) is 0 Å². The molecule has 18 heavy (non-hydrogen) atoms. The van der Waals surface area contributed by atoms with E-state index in [9.17, 15) is 0 Å². The fourth-order valence-corrected chi connectivity index (χ4v) is 3.53. The van der Waals surface area contributed by atoms with E-state index in [1.807, 2.05) is 0 Å². The van der Waals surface area contributed by atoms with Gasteiger partial charge in [0.25, 0.3) is 0 Å². The summed E-state index contributed by atoms with van der Waals surface area (Å²) in [4.78, 5) is 0.401. The third-order valence-corrected chi connectivity index (χ3v) is 4.84. The van der Waals surface area contributed by atoms with Gasteiger partial charge in [0.1, 0.15) is 5.75 Å². The zero-order chi connectivity index (χ0) is 13.3. The first kappa shape index (κ1) is 14.6. The Morgan fingerprint density at radius 2 is 2.11 bits per heavy atom. The highest BCUT2D eigenvalue weighted by Gasteiger charge is 2.23. The van der Waals surface area contributed by atoms with Crippen molar-refractivity contribution in [3.63, 3.8) is 0 Å². The predicted octanol–water partition coefficient (Wildman–Crippen LogP) is 5.49. The van der Waals surface area contributed by atoms with Gasteiger partial charge >= 0.3 is 0 Å². The number of ether oxygens (including phenoxy) is 1. The minimum absolute atomic E-state index is 0.387. The molecule has 1 nitrogen and oxygen atoms in total. The van der Waals surface area contributed by atoms with Crippen LogP contribution in [0.1, 0.15) is 49.6 Å². The Morgan fingerprint density at radius 3 is 2.78 bits per heavy atom. The average molecular weight is 423 g/mol. The Morgan fingerprint density at radius 1 is 1.39 bits per heavy atom. The second-order valence-corrected chi connectivity index (χ2v) is 8.50. The van der Waals surface area contributed by atoms with Crippen LogP contribution in [0.15, 0.2) is 12.1 Å². The molecule has 0 bridgehead atoms.